The second kappa shape index (κ2) is 14.3. The Hall–Kier alpha value is -3.27. The van der Waals surface area contributed by atoms with Crippen molar-refractivity contribution in [3.05, 3.63) is 88.4 Å². The van der Waals surface area contributed by atoms with Crippen LogP contribution in [0.25, 0.3) is 0 Å². The second-order valence-corrected chi connectivity index (χ2v) is 12.9. The van der Waals surface area contributed by atoms with Crippen LogP contribution in [0.3, 0.4) is 0 Å². The lowest BCUT2D eigenvalue weighted by molar-refractivity contribution is -0.140. The fraction of sp³-hybridized carbons (Fsp3) is 0.355. The summed E-state index contributed by atoms with van der Waals surface area (Å²) in [5, 5.41) is 3.84. The first kappa shape index (κ1) is 31.7. The van der Waals surface area contributed by atoms with E-state index in [-0.39, 0.29) is 34.1 Å². The van der Waals surface area contributed by atoms with Crippen molar-refractivity contribution >= 4 is 50.7 Å². The van der Waals surface area contributed by atoms with Gasteiger partial charge in [0.2, 0.25) is 11.8 Å². The van der Waals surface area contributed by atoms with Crippen LogP contribution in [0.2, 0.25) is 10.0 Å². The van der Waals surface area contributed by atoms with Gasteiger partial charge in [-0.2, -0.15) is 0 Å². The fourth-order valence-electron chi connectivity index (χ4n) is 5.13. The SMILES string of the molecule is CC[C@H](C(=O)NC1CCCC1)N(Cc1ccc(Cl)cc1)C(=O)CN(c1ccc(OC)c(Cl)c1)S(=O)(=O)c1ccccc1. The summed E-state index contributed by atoms with van der Waals surface area (Å²) in [5.74, 6) is -0.427. The van der Waals surface area contributed by atoms with Crippen molar-refractivity contribution in [3.8, 4) is 5.75 Å². The van der Waals surface area contributed by atoms with Crippen molar-refractivity contribution in [2.24, 2.45) is 0 Å². The molecule has 1 N–H and O–H groups in total. The van der Waals surface area contributed by atoms with Gasteiger partial charge in [-0.25, -0.2) is 8.42 Å². The van der Waals surface area contributed by atoms with Crippen molar-refractivity contribution in [2.75, 3.05) is 18.0 Å². The quantitative estimate of drug-likeness (QED) is 0.262. The first-order valence-electron chi connectivity index (χ1n) is 13.9. The number of nitrogens with zero attached hydrogens (tertiary/aromatic N) is 2. The molecule has 42 heavy (non-hydrogen) atoms. The molecule has 1 aliphatic rings. The minimum Gasteiger partial charge on any atom is -0.495 e. The minimum atomic E-state index is -4.20. The van der Waals surface area contributed by atoms with Gasteiger partial charge in [-0.3, -0.25) is 13.9 Å². The van der Waals surface area contributed by atoms with Crippen LogP contribution in [0.5, 0.6) is 5.75 Å². The molecule has 3 aromatic rings. The summed E-state index contributed by atoms with van der Waals surface area (Å²) in [6.45, 7) is 1.37. The third-order valence-electron chi connectivity index (χ3n) is 7.39. The van der Waals surface area contributed by atoms with Gasteiger partial charge in [0, 0.05) is 17.6 Å². The van der Waals surface area contributed by atoms with Gasteiger partial charge in [0.05, 0.1) is 22.7 Å². The molecule has 0 aromatic heterocycles. The lowest BCUT2D eigenvalue weighted by Crippen LogP contribution is -2.53. The fourth-order valence-corrected chi connectivity index (χ4v) is 6.94. The molecule has 1 fully saturated rings. The van der Waals surface area contributed by atoms with Crippen LogP contribution >= 0.6 is 23.2 Å². The number of benzene rings is 3. The smallest absolute Gasteiger partial charge is 0.264 e. The van der Waals surface area contributed by atoms with Crippen LogP contribution in [0, 0.1) is 0 Å². The highest BCUT2D eigenvalue weighted by molar-refractivity contribution is 7.92. The highest BCUT2D eigenvalue weighted by atomic mass is 35.5. The molecular formula is C31H35Cl2N3O5S. The zero-order valence-corrected chi connectivity index (χ0v) is 26.0. The largest absolute Gasteiger partial charge is 0.495 e. The molecule has 0 heterocycles. The zero-order valence-electron chi connectivity index (χ0n) is 23.6. The van der Waals surface area contributed by atoms with E-state index in [4.69, 9.17) is 27.9 Å². The summed E-state index contributed by atoms with van der Waals surface area (Å²) in [4.78, 5) is 29.2. The highest BCUT2D eigenvalue weighted by Gasteiger charge is 2.34. The predicted molar refractivity (Wildman–Crippen MR) is 165 cm³/mol. The number of ether oxygens (including phenoxy) is 1. The maximum Gasteiger partial charge on any atom is 0.264 e. The molecule has 11 heteroatoms. The molecule has 1 saturated carbocycles. The van der Waals surface area contributed by atoms with Gasteiger partial charge in [-0.15, -0.1) is 0 Å². The van der Waals surface area contributed by atoms with E-state index >= 15 is 0 Å². The van der Waals surface area contributed by atoms with Crippen LogP contribution in [0.1, 0.15) is 44.6 Å². The average Bonchev–Trinajstić information content (AvgIpc) is 3.50. The number of rotatable bonds is 12. The molecule has 3 aromatic carbocycles. The van der Waals surface area contributed by atoms with Gasteiger partial charge in [-0.05, 0) is 67.3 Å². The molecule has 4 rings (SSSR count). The monoisotopic (exact) mass is 631 g/mol. The van der Waals surface area contributed by atoms with Crippen molar-refractivity contribution in [1.29, 1.82) is 0 Å². The second-order valence-electron chi connectivity index (χ2n) is 10.2. The van der Waals surface area contributed by atoms with E-state index in [1.807, 2.05) is 6.92 Å². The molecule has 0 radical (unpaired) electrons. The summed E-state index contributed by atoms with van der Waals surface area (Å²) in [5.41, 5.74) is 0.942. The molecule has 0 bridgehead atoms. The number of nitrogens with one attached hydrogen (secondary N) is 1. The van der Waals surface area contributed by atoms with Gasteiger partial charge >= 0.3 is 0 Å². The third-order valence-corrected chi connectivity index (χ3v) is 9.72. The van der Waals surface area contributed by atoms with E-state index in [2.05, 4.69) is 5.32 Å². The van der Waals surface area contributed by atoms with Crippen molar-refractivity contribution < 1.29 is 22.7 Å². The first-order chi connectivity index (χ1) is 20.1. The average molecular weight is 633 g/mol. The molecule has 1 aliphatic carbocycles. The lowest BCUT2D eigenvalue weighted by Gasteiger charge is -2.34. The molecule has 224 valence electrons. The number of hydrogen-bond acceptors (Lipinski definition) is 5. The van der Waals surface area contributed by atoms with E-state index in [1.54, 1.807) is 48.5 Å². The van der Waals surface area contributed by atoms with Crippen molar-refractivity contribution in [1.82, 2.24) is 10.2 Å². The topological polar surface area (TPSA) is 96.0 Å². The Morgan fingerprint density at radius 1 is 1.00 bits per heavy atom. The molecule has 0 spiro atoms. The number of anilines is 1. The Bertz CT molecular complexity index is 1480. The normalized spacial score (nSPS) is 14.3. The minimum absolute atomic E-state index is 0.0139. The Morgan fingerprint density at radius 3 is 2.26 bits per heavy atom. The number of methoxy groups -OCH3 is 1. The zero-order chi connectivity index (χ0) is 30.3. The third kappa shape index (κ3) is 7.56. The van der Waals surface area contributed by atoms with E-state index in [0.717, 1.165) is 35.6 Å². The van der Waals surface area contributed by atoms with E-state index < -0.39 is 28.5 Å². The lowest BCUT2D eigenvalue weighted by atomic mass is 10.1. The molecule has 0 saturated heterocycles. The van der Waals surface area contributed by atoms with Crippen molar-refractivity contribution in [3.63, 3.8) is 0 Å². The van der Waals surface area contributed by atoms with Gasteiger partial charge in [-0.1, -0.05) is 73.3 Å². The number of sulfonamides is 1. The van der Waals surface area contributed by atoms with Crippen LogP contribution in [-0.2, 0) is 26.2 Å². The Balaban J connectivity index is 1.72. The molecule has 1 atom stereocenters. The van der Waals surface area contributed by atoms with E-state index in [1.165, 1.54) is 36.3 Å². The summed E-state index contributed by atoms with van der Waals surface area (Å²) >= 11 is 12.5. The molecular weight excluding hydrogens is 597 g/mol. The first-order valence-corrected chi connectivity index (χ1v) is 16.1. The molecule has 0 aliphatic heterocycles. The summed E-state index contributed by atoms with van der Waals surface area (Å²) in [6.07, 6.45) is 4.23. The highest BCUT2D eigenvalue weighted by Crippen LogP contribution is 2.32. The standard InChI is InChI=1S/C31H35Cl2N3O5S/c1-3-28(31(38)34-24-9-7-8-10-24)35(20-22-13-15-23(32)16-14-22)30(37)21-36(25-17-18-29(41-2)27(33)19-25)42(39,40)26-11-5-4-6-12-26/h4-6,11-19,24,28H,3,7-10,20-21H2,1-2H3,(H,34,38)/t28-/m1/s1. The van der Waals surface area contributed by atoms with Gasteiger partial charge in [0.1, 0.15) is 18.3 Å². The van der Waals surface area contributed by atoms with Crippen LogP contribution in [0.4, 0.5) is 5.69 Å². The maximum atomic E-state index is 14.2. The van der Waals surface area contributed by atoms with Gasteiger partial charge < -0.3 is 15.0 Å². The number of hydrogen-bond donors (Lipinski definition) is 1. The predicted octanol–water partition coefficient (Wildman–Crippen LogP) is 6.06. The van der Waals surface area contributed by atoms with E-state index in [0.29, 0.717) is 17.2 Å². The number of carbonyl (C=O) groups excluding carboxylic acids is 2. The van der Waals surface area contributed by atoms with Crippen LogP contribution in [0.15, 0.2) is 77.7 Å². The number of halogens is 2. The summed E-state index contributed by atoms with van der Waals surface area (Å²) in [7, 11) is -2.74. The number of carbonyl (C=O) groups is 2. The Kier molecular flexibility index (Phi) is 10.8. The van der Waals surface area contributed by atoms with Crippen LogP contribution < -0.4 is 14.4 Å². The molecule has 2 amide bonds. The summed E-state index contributed by atoms with van der Waals surface area (Å²) in [6, 6.07) is 18.6. The molecule has 0 unspecified atom stereocenters. The number of amides is 2. The maximum absolute atomic E-state index is 14.2. The Morgan fingerprint density at radius 2 is 1.67 bits per heavy atom. The molecule has 8 nitrogen and oxygen atoms in total. The van der Waals surface area contributed by atoms with Crippen molar-refractivity contribution in [2.45, 2.75) is 62.6 Å². The van der Waals surface area contributed by atoms with Gasteiger partial charge in [0.25, 0.3) is 10.0 Å². The van der Waals surface area contributed by atoms with E-state index in [9.17, 15) is 18.0 Å². The summed E-state index contributed by atoms with van der Waals surface area (Å²) < 4.78 is 34.1. The Labute approximate surface area is 257 Å². The van der Waals surface area contributed by atoms with Crippen LogP contribution in [-0.4, -0.2) is 50.9 Å². The van der Waals surface area contributed by atoms with Gasteiger partial charge in [0.15, 0.2) is 0 Å².